The molecular weight excluding hydrogens is 388 g/mol. The van der Waals surface area contributed by atoms with Gasteiger partial charge in [-0.3, -0.25) is 4.99 Å². The van der Waals surface area contributed by atoms with Crippen LogP contribution in [0.2, 0.25) is 0 Å². The van der Waals surface area contributed by atoms with Crippen LogP contribution >= 0.6 is 0 Å². The van der Waals surface area contributed by atoms with E-state index in [0.29, 0.717) is 17.2 Å². The predicted octanol–water partition coefficient (Wildman–Crippen LogP) is 7.01. The lowest BCUT2D eigenvalue weighted by Gasteiger charge is -2.28. The summed E-state index contributed by atoms with van der Waals surface area (Å²) >= 11 is 0. The molecule has 5 nitrogen and oxygen atoms in total. The van der Waals surface area contributed by atoms with Gasteiger partial charge in [-0.2, -0.15) is 0 Å². The van der Waals surface area contributed by atoms with Crippen LogP contribution < -0.4 is 9.64 Å². The molecule has 2 aromatic rings. The van der Waals surface area contributed by atoms with Gasteiger partial charge in [0, 0.05) is 31.6 Å². The Morgan fingerprint density at radius 1 is 1.03 bits per heavy atom. The quantitative estimate of drug-likeness (QED) is 0.397. The number of hydrogen-bond acceptors (Lipinski definition) is 4. The molecule has 5 heteroatoms. The highest BCUT2D eigenvalue weighted by atomic mass is 16.5. The Labute approximate surface area is 185 Å². The summed E-state index contributed by atoms with van der Waals surface area (Å²) in [6, 6.07) is 13.0. The van der Waals surface area contributed by atoms with Crippen molar-refractivity contribution in [2.45, 2.75) is 52.4 Å². The zero-order chi connectivity index (χ0) is 22.1. The van der Waals surface area contributed by atoms with E-state index < -0.39 is 5.97 Å². The first kappa shape index (κ1) is 22.6. The summed E-state index contributed by atoms with van der Waals surface area (Å²) in [6.45, 7) is 6.03. The molecule has 0 fully saturated rings. The fourth-order valence-corrected chi connectivity index (χ4v) is 3.59. The van der Waals surface area contributed by atoms with Gasteiger partial charge >= 0.3 is 5.97 Å². The molecule has 0 unspecified atom stereocenters. The number of aliphatic imine (C=N–C) groups is 1. The van der Waals surface area contributed by atoms with E-state index >= 15 is 0 Å². The summed E-state index contributed by atoms with van der Waals surface area (Å²) < 4.78 is 6.36. The number of carboxylic acid groups (broad SMARTS) is 1. The molecule has 0 saturated carbocycles. The van der Waals surface area contributed by atoms with Crippen molar-refractivity contribution in [2.24, 2.45) is 4.99 Å². The normalized spacial score (nSPS) is 12.8. The van der Waals surface area contributed by atoms with Gasteiger partial charge in [0.1, 0.15) is 11.4 Å². The molecule has 1 aliphatic rings. The first-order chi connectivity index (χ1) is 15.1. The monoisotopic (exact) mass is 420 g/mol. The summed E-state index contributed by atoms with van der Waals surface area (Å²) in [5.41, 5.74) is 2.63. The second kappa shape index (κ2) is 11.3. The Kier molecular flexibility index (Phi) is 8.27. The van der Waals surface area contributed by atoms with E-state index in [-0.39, 0.29) is 5.56 Å². The average molecular weight is 421 g/mol. The van der Waals surface area contributed by atoms with Gasteiger partial charge in [-0.1, -0.05) is 57.0 Å². The first-order valence-corrected chi connectivity index (χ1v) is 11.2. The number of carbonyl (C=O) groups is 1. The van der Waals surface area contributed by atoms with Gasteiger partial charge in [0.15, 0.2) is 5.75 Å². The number of rotatable bonds is 11. The summed E-state index contributed by atoms with van der Waals surface area (Å²) in [6.07, 6.45) is 9.94. The number of anilines is 1. The molecule has 2 aromatic carbocycles. The van der Waals surface area contributed by atoms with Gasteiger partial charge in [0.25, 0.3) is 0 Å². The molecule has 0 saturated heterocycles. The predicted molar refractivity (Wildman–Crippen MR) is 127 cm³/mol. The van der Waals surface area contributed by atoms with Crippen molar-refractivity contribution in [1.82, 2.24) is 0 Å². The maximum absolute atomic E-state index is 11.9. The maximum atomic E-state index is 11.9. The summed E-state index contributed by atoms with van der Waals surface area (Å²) in [5.74, 6) is 0.385. The fourth-order valence-electron chi connectivity index (χ4n) is 3.59. The van der Waals surface area contributed by atoms with Gasteiger partial charge in [-0.15, -0.1) is 0 Å². The van der Waals surface area contributed by atoms with Crippen LogP contribution in [0, 0.1) is 0 Å². The van der Waals surface area contributed by atoms with Crippen molar-refractivity contribution in [1.29, 1.82) is 0 Å². The molecule has 0 radical (unpaired) electrons. The Bertz CT molecular complexity index is 917. The van der Waals surface area contributed by atoms with Gasteiger partial charge in [0.05, 0.1) is 11.3 Å². The minimum absolute atomic E-state index is 0.235. The number of para-hydroxylation sites is 1. The highest BCUT2D eigenvalue weighted by Gasteiger charge is 2.21. The van der Waals surface area contributed by atoms with Gasteiger partial charge in [-0.25, -0.2) is 4.79 Å². The number of nitrogens with zero attached hydrogens (tertiary/aromatic N) is 2. The Morgan fingerprint density at radius 2 is 1.68 bits per heavy atom. The molecule has 0 amide bonds. The zero-order valence-corrected chi connectivity index (χ0v) is 18.5. The van der Waals surface area contributed by atoms with Gasteiger partial charge < -0.3 is 14.7 Å². The van der Waals surface area contributed by atoms with E-state index in [2.05, 4.69) is 30.9 Å². The van der Waals surface area contributed by atoms with Crippen molar-refractivity contribution >= 4 is 23.1 Å². The Hall–Kier alpha value is -3.08. The van der Waals surface area contributed by atoms with Crippen LogP contribution in [0.3, 0.4) is 0 Å². The molecule has 0 aromatic heterocycles. The fraction of sp³-hybridized carbons (Fsp3) is 0.385. The molecule has 0 spiro atoms. The largest absolute Gasteiger partial charge is 0.478 e. The van der Waals surface area contributed by atoms with Crippen molar-refractivity contribution in [3.05, 3.63) is 60.2 Å². The second-order valence-corrected chi connectivity index (χ2v) is 7.82. The molecule has 1 N–H and O–H groups in total. The van der Waals surface area contributed by atoms with Crippen LogP contribution in [0.4, 0.5) is 11.4 Å². The van der Waals surface area contributed by atoms with Crippen molar-refractivity contribution < 1.29 is 14.6 Å². The lowest BCUT2D eigenvalue weighted by atomic mass is 10.1. The third-order valence-corrected chi connectivity index (χ3v) is 5.32. The van der Waals surface area contributed by atoms with Crippen LogP contribution in [0.25, 0.3) is 0 Å². The van der Waals surface area contributed by atoms with E-state index in [1.165, 1.54) is 0 Å². The molecular formula is C26H32N2O3. The summed E-state index contributed by atoms with van der Waals surface area (Å²) in [7, 11) is 0. The van der Waals surface area contributed by atoms with E-state index in [1.807, 2.05) is 30.3 Å². The minimum Gasteiger partial charge on any atom is -0.478 e. The van der Waals surface area contributed by atoms with Crippen LogP contribution in [0.1, 0.15) is 62.7 Å². The van der Waals surface area contributed by atoms with E-state index in [9.17, 15) is 9.90 Å². The van der Waals surface area contributed by atoms with E-state index in [0.717, 1.165) is 63.0 Å². The van der Waals surface area contributed by atoms with Crippen LogP contribution in [0.15, 0.2) is 59.6 Å². The standard InChI is InChI=1S/C26H32N2O3/c1-3-5-16-28(17-6-4-2)24-19-20(26(29)30)18-23(27-21-12-10-11-13-21)25(24)31-22-14-8-7-9-15-22/h7-11,14-15,18-19H,3-6,12-13,16-17H2,1-2H3,(H,29,30). The molecule has 0 atom stereocenters. The molecule has 164 valence electrons. The molecule has 3 rings (SSSR count). The average Bonchev–Trinajstić information content (AvgIpc) is 3.29. The third kappa shape index (κ3) is 6.20. The summed E-state index contributed by atoms with van der Waals surface area (Å²) in [4.78, 5) is 19.0. The van der Waals surface area contributed by atoms with Crippen LogP contribution in [0.5, 0.6) is 11.5 Å². The van der Waals surface area contributed by atoms with E-state index in [4.69, 9.17) is 9.73 Å². The highest BCUT2D eigenvalue weighted by Crippen LogP contribution is 2.43. The lowest BCUT2D eigenvalue weighted by molar-refractivity contribution is 0.0697. The minimum atomic E-state index is -0.954. The van der Waals surface area contributed by atoms with Crippen molar-refractivity contribution in [3.8, 4) is 11.5 Å². The lowest BCUT2D eigenvalue weighted by Crippen LogP contribution is -2.26. The molecule has 0 bridgehead atoms. The molecule has 31 heavy (non-hydrogen) atoms. The topological polar surface area (TPSA) is 62.1 Å². The number of unbranched alkanes of at least 4 members (excludes halogenated alkanes) is 2. The van der Waals surface area contributed by atoms with E-state index in [1.54, 1.807) is 12.1 Å². The third-order valence-electron chi connectivity index (χ3n) is 5.32. The highest BCUT2D eigenvalue weighted by molar-refractivity contribution is 5.96. The SMILES string of the molecule is CCCCN(CCCC)c1cc(C(=O)O)cc(N=C2CC=CC2)c1Oc1ccccc1. The van der Waals surface area contributed by atoms with Crippen molar-refractivity contribution in [3.63, 3.8) is 0 Å². The number of benzene rings is 2. The number of hydrogen-bond donors (Lipinski definition) is 1. The van der Waals surface area contributed by atoms with Gasteiger partial charge in [-0.05, 0) is 37.1 Å². The van der Waals surface area contributed by atoms with Crippen molar-refractivity contribution in [2.75, 3.05) is 18.0 Å². The van der Waals surface area contributed by atoms with Gasteiger partial charge in [0.2, 0.25) is 0 Å². The zero-order valence-electron chi connectivity index (χ0n) is 18.5. The molecule has 0 heterocycles. The number of carboxylic acids is 1. The second-order valence-electron chi connectivity index (χ2n) is 7.82. The number of allylic oxidation sites excluding steroid dienone is 2. The molecule has 1 aliphatic carbocycles. The molecule has 0 aliphatic heterocycles. The first-order valence-electron chi connectivity index (χ1n) is 11.2. The van der Waals surface area contributed by atoms with Crippen LogP contribution in [-0.4, -0.2) is 29.9 Å². The number of aromatic carboxylic acids is 1. The Balaban J connectivity index is 2.14. The van der Waals surface area contributed by atoms with Crippen LogP contribution in [-0.2, 0) is 0 Å². The Morgan fingerprint density at radius 3 is 2.26 bits per heavy atom. The summed E-state index contributed by atoms with van der Waals surface area (Å²) in [5, 5.41) is 9.79. The smallest absolute Gasteiger partial charge is 0.335 e. The maximum Gasteiger partial charge on any atom is 0.335 e. The number of ether oxygens (including phenoxy) is 1.